The van der Waals surface area contributed by atoms with Gasteiger partial charge in [0.05, 0.1) is 37.5 Å². The third kappa shape index (κ3) is 12.8. The first-order valence-corrected chi connectivity index (χ1v) is 19.4. The Labute approximate surface area is 313 Å². The van der Waals surface area contributed by atoms with Gasteiger partial charge in [-0.15, -0.1) is 0 Å². The maximum Gasteiger partial charge on any atom is 0.271 e. The average molecular weight is 732 g/mol. The van der Waals surface area contributed by atoms with Gasteiger partial charge in [-0.3, -0.25) is 14.4 Å². The van der Waals surface area contributed by atoms with Crippen LogP contribution in [0.1, 0.15) is 110 Å². The SMILES string of the molecule is CCOC(CCCNC(=O)c1cc(C(=O)N[C@H]2CCCC[C@@H]2OCc2ccccc2)n(CC(=O)NC2CCCC[C@@H]2OCc2ccccc2)n1)OCC. The molecule has 1 aromatic heterocycles. The lowest BCUT2D eigenvalue weighted by molar-refractivity contribution is -0.139. The highest BCUT2D eigenvalue weighted by atomic mass is 16.7. The number of hydrogen-bond acceptors (Lipinski definition) is 8. The number of ether oxygens (including phenoxy) is 4. The zero-order chi connectivity index (χ0) is 37.3. The summed E-state index contributed by atoms with van der Waals surface area (Å²) < 4.78 is 25.1. The molecule has 4 atom stereocenters. The highest BCUT2D eigenvalue weighted by molar-refractivity contribution is 5.98. The lowest BCUT2D eigenvalue weighted by Crippen LogP contribution is -2.48. The van der Waals surface area contributed by atoms with Crippen molar-refractivity contribution in [1.29, 1.82) is 0 Å². The molecule has 0 aliphatic heterocycles. The van der Waals surface area contributed by atoms with Crippen LogP contribution >= 0.6 is 0 Å². The van der Waals surface area contributed by atoms with Crippen molar-refractivity contribution in [2.75, 3.05) is 19.8 Å². The van der Waals surface area contributed by atoms with E-state index in [0.29, 0.717) is 45.8 Å². The summed E-state index contributed by atoms with van der Waals surface area (Å²) in [6, 6.07) is 21.0. The summed E-state index contributed by atoms with van der Waals surface area (Å²) in [5, 5.41) is 13.7. The van der Waals surface area contributed by atoms with Crippen LogP contribution in [0.4, 0.5) is 0 Å². The molecule has 0 saturated heterocycles. The molecular formula is C41H57N5O7. The van der Waals surface area contributed by atoms with Crippen LogP contribution in [0.15, 0.2) is 66.7 Å². The normalized spacial score (nSPS) is 20.2. The highest BCUT2D eigenvalue weighted by Crippen LogP contribution is 2.24. The Kier molecular flexibility index (Phi) is 16.3. The van der Waals surface area contributed by atoms with Crippen molar-refractivity contribution in [3.63, 3.8) is 0 Å². The number of nitrogens with zero attached hydrogens (tertiary/aromatic N) is 2. The topological polar surface area (TPSA) is 142 Å². The predicted molar refractivity (Wildman–Crippen MR) is 201 cm³/mol. The number of hydrogen-bond donors (Lipinski definition) is 3. The van der Waals surface area contributed by atoms with Crippen LogP contribution in [0, 0.1) is 0 Å². The smallest absolute Gasteiger partial charge is 0.271 e. The van der Waals surface area contributed by atoms with Crippen LogP contribution in [-0.4, -0.2) is 77.8 Å². The molecule has 2 aliphatic carbocycles. The van der Waals surface area contributed by atoms with E-state index in [2.05, 4.69) is 21.0 Å². The van der Waals surface area contributed by atoms with Crippen molar-refractivity contribution in [2.45, 2.75) is 128 Å². The minimum absolute atomic E-state index is 0.0661. The Morgan fingerprint density at radius 1 is 0.755 bits per heavy atom. The molecule has 0 radical (unpaired) electrons. The first-order valence-electron chi connectivity index (χ1n) is 19.4. The van der Waals surface area contributed by atoms with E-state index in [1.807, 2.05) is 74.5 Å². The number of carbonyl (C=O) groups excluding carboxylic acids is 3. The fourth-order valence-electron chi connectivity index (χ4n) is 7.09. The average Bonchev–Trinajstić information content (AvgIpc) is 3.60. The molecule has 0 bridgehead atoms. The van der Waals surface area contributed by atoms with Crippen molar-refractivity contribution in [3.8, 4) is 0 Å². The lowest BCUT2D eigenvalue weighted by atomic mass is 9.92. The van der Waals surface area contributed by atoms with E-state index in [0.717, 1.165) is 62.5 Å². The Balaban J connectivity index is 1.25. The number of amides is 3. The fourth-order valence-corrected chi connectivity index (χ4v) is 7.09. The molecule has 53 heavy (non-hydrogen) atoms. The largest absolute Gasteiger partial charge is 0.371 e. The van der Waals surface area contributed by atoms with Gasteiger partial charge in [0.15, 0.2) is 12.0 Å². The fraction of sp³-hybridized carbons (Fsp3) is 0.561. The van der Waals surface area contributed by atoms with E-state index in [-0.39, 0.29) is 54.4 Å². The van der Waals surface area contributed by atoms with E-state index >= 15 is 0 Å². The molecular weight excluding hydrogens is 674 g/mol. The highest BCUT2D eigenvalue weighted by Gasteiger charge is 2.31. The van der Waals surface area contributed by atoms with Crippen LogP contribution in [0.3, 0.4) is 0 Å². The minimum Gasteiger partial charge on any atom is -0.371 e. The molecule has 5 rings (SSSR count). The number of aromatic nitrogens is 2. The van der Waals surface area contributed by atoms with Crippen LogP contribution < -0.4 is 16.0 Å². The maximum atomic E-state index is 14.0. The van der Waals surface area contributed by atoms with E-state index < -0.39 is 11.8 Å². The van der Waals surface area contributed by atoms with Crippen molar-refractivity contribution in [2.24, 2.45) is 0 Å². The number of carbonyl (C=O) groups is 3. The molecule has 1 heterocycles. The summed E-state index contributed by atoms with van der Waals surface area (Å²) in [5.41, 5.74) is 2.36. The van der Waals surface area contributed by atoms with Crippen molar-refractivity contribution in [1.82, 2.24) is 25.7 Å². The van der Waals surface area contributed by atoms with Gasteiger partial charge in [-0.2, -0.15) is 5.10 Å². The van der Waals surface area contributed by atoms with E-state index in [1.165, 1.54) is 10.7 Å². The zero-order valence-corrected chi connectivity index (χ0v) is 31.3. The summed E-state index contributed by atoms with van der Waals surface area (Å²) in [4.78, 5) is 40.9. The standard InChI is InChI=1S/C41H57N5O7/c1-3-50-39(51-4-2)24-15-25-42-40(48)34-26-35(41(49)44-33-21-12-14-23-37(33)53-29-31-18-9-6-10-19-31)46(45-34)27-38(47)43-32-20-11-13-22-36(32)52-28-30-16-7-5-8-17-30/h5-10,16-19,26,32-33,36-37,39H,3-4,11-15,20-25,27-29H2,1-2H3,(H,42,48)(H,43,47)(H,44,49)/t32?,33-,36-,37-/m0/s1. The van der Waals surface area contributed by atoms with E-state index in [9.17, 15) is 14.4 Å². The summed E-state index contributed by atoms with van der Waals surface area (Å²) in [6.07, 6.45) is 7.88. The summed E-state index contributed by atoms with van der Waals surface area (Å²) in [7, 11) is 0. The molecule has 288 valence electrons. The third-order valence-electron chi connectivity index (χ3n) is 9.83. The summed E-state index contributed by atoms with van der Waals surface area (Å²) in [5.74, 6) is -1.12. The Hall–Kier alpha value is -4.10. The monoisotopic (exact) mass is 731 g/mol. The molecule has 2 fully saturated rings. The molecule has 2 saturated carbocycles. The van der Waals surface area contributed by atoms with Gasteiger partial charge < -0.3 is 34.9 Å². The van der Waals surface area contributed by atoms with Gasteiger partial charge in [0, 0.05) is 32.2 Å². The Morgan fingerprint density at radius 2 is 1.30 bits per heavy atom. The second-order valence-corrected chi connectivity index (χ2v) is 13.8. The van der Waals surface area contributed by atoms with Crippen molar-refractivity contribution >= 4 is 17.7 Å². The van der Waals surface area contributed by atoms with Gasteiger partial charge >= 0.3 is 0 Å². The first kappa shape index (κ1) is 40.1. The number of rotatable bonds is 20. The third-order valence-corrected chi connectivity index (χ3v) is 9.83. The molecule has 3 amide bonds. The zero-order valence-electron chi connectivity index (χ0n) is 31.3. The van der Waals surface area contributed by atoms with Crippen molar-refractivity contribution < 1.29 is 33.3 Å². The quantitative estimate of drug-likeness (QED) is 0.0994. The van der Waals surface area contributed by atoms with Gasteiger partial charge in [-0.1, -0.05) is 86.3 Å². The van der Waals surface area contributed by atoms with E-state index in [4.69, 9.17) is 18.9 Å². The second kappa shape index (κ2) is 21.6. The van der Waals surface area contributed by atoms with Crippen molar-refractivity contribution in [3.05, 3.63) is 89.2 Å². The maximum absolute atomic E-state index is 14.0. The molecule has 3 N–H and O–H groups in total. The van der Waals surface area contributed by atoms with Gasteiger partial charge in [-0.05, 0) is 57.1 Å². The van der Waals surface area contributed by atoms with Crippen LogP contribution in [-0.2, 0) is 43.5 Å². The van der Waals surface area contributed by atoms with E-state index in [1.54, 1.807) is 0 Å². The van der Waals surface area contributed by atoms with Gasteiger partial charge in [0.25, 0.3) is 11.8 Å². The summed E-state index contributed by atoms with van der Waals surface area (Å²) in [6.45, 7) is 5.98. The van der Waals surface area contributed by atoms with Gasteiger partial charge in [0.1, 0.15) is 12.2 Å². The molecule has 12 heteroatoms. The molecule has 12 nitrogen and oxygen atoms in total. The van der Waals surface area contributed by atoms with Crippen LogP contribution in [0.5, 0.6) is 0 Å². The minimum atomic E-state index is -0.425. The number of nitrogens with one attached hydrogen (secondary N) is 3. The Morgan fingerprint density at radius 3 is 1.87 bits per heavy atom. The first-order chi connectivity index (χ1) is 25.9. The van der Waals surface area contributed by atoms with Gasteiger partial charge in [0.2, 0.25) is 5.91 Å². The molecule has 0 spiro atoms. The van der Waals surface area contributed by atoms with Crippen LogP contribution in [0.2, 0.25) is 0 Å². The second-order valence-electron chi connectivity index (χ2n) is 13.8. The molecule has 2 aliphatic rings. The molecule has 3 aromatic rings. The Bertz CT molecular complexity index is 1550. The van der Waals surface area contributed by atoms with Gasteiger partial charge in [-0.25, -0.2) is 4.68 Å². The lowest BCUT2D eigenvalue weighted by Gasteiger charge is -2.32. The number of benzene rings is 2. The molecule has 1 unspecified atom stereocenters. The molecule has 2 aromatic carbocycles. The van der Waals surface area contributed by atoms with Crippen LogP contribution in [0.25, 0.3) is 0 Å². The predicted octanol–water partition coefficient (Wildman–Crippen LogP) is 5.69. The summed E-state index contributed by atoms with van der Waals surface area (Å²) >= 11 is 0.